The first-order valence-corrected chi connectivity index (χ1v) is 8.79. The van der Waals surface area contributed by atoms with Gasteiger partial charge in [0.05, 0.1) is 10.5 Å². The first-order valence-electron chi connectivity index (χ1n) is 8.79. The molecule has 1 aromatic rings. The maximum absolute atomic E-state index is 13.0. The van der Waals surface area contributed by atoms with Crippen LogP contribution in [0.4, 0.5) is 5.69 Å². The Bertz CT molecular complexity index is 660. The van der Waals surface area contributed by atoms with E-state index >= 15 is 0 Å². The standard InChI is InChI=1S/C18H22N2O5/c21-17(13-8-14(18(22)23)10-16(9-13)20(24)25)19(15-6-7-15)11-12-4-2-1-3-5-12/h8-10,12,15H,1-7,11H2,(H,22,23). The smallest absolute Gasteiger partial charge is 0.335 e. The quantitative estimate of drug-likeness (QED) is 0.628. The van der Waals surface area contributed by atoms with Crippen LogP contribution in [0.15, 0.2) is 18.2 Å². The number of carbonyl (C=O) groups excluding carboxylic acids is 1. The SMILES string of the molecule is O=C(O)c1cc(C(=O)N(CC2CCCCC2)C2CC2)cc([N+](=O)[O-])c1. The number of hydrogen-bond donors (Lipinski definition) is 1. The lowest BCUT2D eigenvalue weighted by molar-refractivity contribution is -0.384. The first-order chi connectivity index (χ1) is 12.0. The molecular formula is C18H22N2O5. The van der Waals surface area contributed by atoms with Gasteiger partial charge in [0.15, 0.2) is 0 Å². The van der Waals surface area contributed by atoms with Crippen molar-refractivity contribution in [2.75, 3.05) is 6.54 Å². The number of carboxylic acid groups (broad SMARTS) is 1. The van der Waals surface area contributed by atoms with E-state index in [0.717, 1.165) is 31.7 Å². The molecular weight excluding hydrogens is 324 g/mol. The second kappa shape index (κ2) is 7.21. The van der Waals surface area contributed by atoms with Crippen LogP contribution in [-0.2, 0) is 0 Å². The van der Waals surface area contributed by atoms with Gasteiger partial charge >= 0.3 is 5.97 Å². The lowest BCUT2D eigenvalue weighted by Crippen LogP contribution is -2.38. The van der Waals surface area contributed by atoms with Gasteiger partial charge in [0.25, 0.3) is 11.6 Å². The van der Waals surface area contributed by atoms with Crippen LogP contribution < -0.4 is 0 Å². The Balaban J connectivity index is 1.85. The molecule has 0 aromatic heterocycles. The molecule has 0 heterocycles. The Morgan fingerprint density at radius 2 is 1.72 bits per heavy atom. The van der Waals surface area contributed by atoms with Crippen molar-refractivity contribution in [2.24, 2.45) is 5.92 Å². The number of carboxylic acids is 1. The lowest BCUT2D eigenvalue weighted by atomic mass is 9.88. The minimum Gasteiger partial charge on any atom is -0.478 e. The van der Waals surface area contributed by atoms with E-state index < -0.39 is 10.9 Å². The summed E-state index contributed by atoms with van der Waals surface area (Å²) in [5.74, 6) is -1.10. The molecule has 2 aliphatic rings. The van der Waals surface area contributed by atoms with Gasteiger partial charge in [-0.2, -0.15) is 0 Å². The van der Waals surface area contributed by atoms with Gasteiger partial charge in [-0.3, -0.25) is 14.9 Å². The van der Waals surface area contributed by atoms with Crippen molar-refractivity contribution in [3.63, 3.8) is 0 Å². The largest absolute Gasteiger partial charge is 0.478 e. The minimum atomic E-state index is -1.27. The summed E-state index contributed by atoms with van der Waals surface area (Å²) in [7, 11) is 0. The summed E-state index contributed by atoms with van der Waals surface area (Å²) in [5.41, 5.74) is -0.503. The van der Waals surface area contributed by atoms with E-state index in [4.69, 9.17) is 0 Å². The second-order valence-electron chi connectivity index (χ2n) is 7.02. The maximum Gasteiger partial charge on any atom is 0.335 e. The van der Waals surface area contributed by atoms with Crippen LogP contribution in [0.1, 0.15) is 65.7 Å². The lowest BCUT2D eigenvalue weighted by Gasteiger charge is -2.30. The van der Waals surface area contributed by atoms with E-state index in [0.29, 0.717) is 12.5 Å². The highest BCUT2D eigenvalue weighted by Crippen LogP contribution is 2.33. The molecule has 0 saturated heterocycles. The monoisotopic (exact) mass is 346 g/mol. The Labute approximate surface area is 145 Å². The molecule has 0 bridgehead atoms. The molecule has 7 heteroatoms. The van der Waals surface area contributed by atoms with Crippen LogP contribution in [0.2, 0.25) is 0 Å². The molecule has 3 rings (SSSR count). The number of hydrogen-bond acceptors (Lipinski definition) is 4. The van der Waals surface area contributed by atoms with Crippen LogP contribution in [0, 0.1) is 16.0 Å². The fraction of sp³-hybridized carbons (Fsp3) is 0.556. The number of amides is 1. The Kier molecular flexibility index (Phi) is 5.01. The highest BCUT2D eigenvalue weighted by atomic mass is 16.6. The molecule has 0 aliphatic heterocycles. The van der Waals surface area contributed by atoms with E-state index in [2.05, 4.69) is 0 Å². The number of aromatic carboxylic acids is 1. The average molecular weight is 346 g/mol. The van der Waals surface area contributed by atoms with Gasteiger partial charge in [-0.25, -0.2) is 4.79 Å². The van der Waals surface area contributed by atoms with Crippen molar-refractivity contribution in [3.05, 3.63) is 39.4 Å². The van der Waals surface area contributed by atoms with Crippen LogP contribution in [0.5, 0.6) is 0 Å². The van der Waals surface area contributed by atoms with Crippen molar-refractivity contribution in [1.29, 1.82) is 0 Å². The molecule has 0 unspecified atom stereocenters. The van der Waals surface area contributed by atoms with Crippen LogP contribution in [0.3, 0.4) is 0 Å². The number of non-ortho nitro benzene ring substituents is 1. The van der Waals surface area contributed by atoms with Crippen LogP contribution in [0.25, 0.3) is 0 Å². The highest BCUT2D eigenvalue weighted by molar-refractivity contribution is 5.98. The summed E-state index contributed by atoms with van der Waals surface area (Å²) in [6, 6.07) is 3.60. The second-order valence-corrected chi connectivity index (χ2v) is 7.02. The summed E-state index contributed by atoms with van der Waals surface area (Å²) in [5, 5.41) is 20.2. The molecule has 7 nitrogen and oxygen atoms in total. The van der Waals surface area contributed by atoms with E-state index in [-0.39, 0.29) is 28.8 Å². The third-order valence-corrected chi connectivity index (χ3v) is 5.05. The molecule has 1 N–H and O–H groups in total. The number of carbonyl (C=O) groups is 2. The van der Waals surface area contributed by atoms with E-state index in [9.17, 15) is 24.8 Å². The van der Waals surface area contributed by atoms with Crippen molar-refractivity contribution in [3.8, 4) is 0 Å². The fourth-order valence-electron chi connectivity index (χ4n) is 3.56. The van der Waals surface area contributed by atoms with E-state index in [1.54, 1.807) is 4.90 Å². The van der Waals surface area contributed by atoms with Gasteiger partial charge in [0.2, 0.25) is 0 Å². The molecule has 0 spiro atoms. The van der Waals surface area contributed by atoms with Gasteiger partial charge in [0.1, 0.15) is 0 Å². The van der Waals surface area contributed by atoms with E-state index in [1.807, 2.05) is 0 Å². The molecule has 0 radical (unpaired) electrons. The molecule has 2 fully saturated rings. The number of benzene rings is 1. The van der Waals surface area contributed by atoms with Crippen molar-refractivity contribution in [1.82, 2.24) is 4.90 Å². The minimum absolute atomic E-state index is 0.0920. The van der Waals surface area contributed by atoms with Gasteiger partial charge in [-0.15, -0.1) is 0 Å². The summed E-state index contributed by atoms with van der Waals surface area (Å²) < 4.78 is 0. The molecule has 1 amide bonds. The highest BCUT2D eigenvalue weighted by Gasteiger charge is 2.35. The molecule has 1 aromatic carbocycles. The predicted molar refractivity (Wildman–Crippen MR) is 90.7 cm³/mol. The molecule has 2 aliphatic carbocycles. The number of rotatable bonds is 6. The zero-order chi connectivity index (χ0) is 18.0. The molecule has 0 atom stereocenters. The van der Waals surface area contributed by atoms with Gasteiger partial charge in [-0.05, 0) is 37.7 Å². The third kappa shape index (κ3) is 4.15. The Morgan fingerprint density at radius 1 is 1.08 bits per heavy atom. The summed E-state index contributed by atoms with van der Waals surface area (Å²) >= 11 is 0. The maximum atomic E-state index is 13.0. The van der Waals surface area contributed by atoms with Gasteiger partial charge in [0, 0.05) is 30.3 Å². The molecule has 2 saturated carbocycles. The number of nitro groups is 1. The molecule has 25 heavy (non-hydrogen) atoms. The normalized spacial score (nSPS) is 17.9. The van der Waals surface area contributed by atoms with Gasteiger partial charge in [-0.1, -0.05) is 19.3 Å². The zero-order valence-corrected chi connectivity index (χ0v) is 14.0. The Morgan fingerprint density at radius 3 is 2.28 bits per heavy atom. The van der Waals surface area contributed by atoms with Crippen LogP contribution >= 0.6 is 0 Å². The van der Waals surface area contributed by atoms with E-state index in [1.165, 1.54) is 31.4 Å². The molecule has 134 valence electrons. The fourth-order valence-corrected chi connectivity index (χ4v) is 3.56. The van der Waals surface area contributed by atoms with Crippen molar-refractivity contribution in [2.45, 2.75) is 51.0 Å². The number of nitro benzene ring substituents is 1. The first kappa shape index (κ1) is 17.4. The van der Waals surface area contributed by atoms with Crippen LogP contribution in [-0.4, -0.2) is 39.4 Å². The predicted octanol–water partition coefficient (Wildman–Crippen LogP) is 3.48. The third-order valence-electron chi connectivity index (χ3n) is 5.05. The summed E-state index contributed by atoms with van der Waals surface area (Å²) in [6.07, 6.45) is 7.69. The summed E-state index contributed by atoms with van der Waals surface area (Å²) in [6.45, 7) is 0.661. The van der Waals surface area contributed by atoms with Gasteiger partial charge < -0.3 is 10.0 Å². The zero-order valence-electron chi connectivity index (χ0n) is 14.0. The van der Waals surface area contributed by atoms with Crippen molar-refractivity contribution < 1.29 is 19.6 Å². The topological polar surface area (TPSA) is 101 Å². The number of nitrogens with zero attached hydrogens (tertiary/aromatic N) is 2. The average Bonchev–Trinajstić information content (AvgIpc) is 3.44. The summed E-state index contributed by atoms with van der Waals surface area (Å²) in [4.78, 5) is 36.4. The Hall–Kier alpha value is -2.44. The van der Waals surface area contributed by atoms with Crippen molar-refractivity contribution >= 4 is 17.6 Å².